The minimum absolute atomic E-state index is 0.0655. The summed E-state index contributed by atoms with van der Waals surface area (Å²) in [5, 5.41) is 22.9. The van der Waals surface area contributed by atoms with Crippen LogP contribution in [0.1, 0.15) is 96.0 Å². The average Bonchev–Trinajstić information content (AvgIpc) is 3.08. The molecule has 3 aromatic rings. The van der Waals surface area contributed by atoms with Crippen LogP contribution in [0.5, 0.6) is 23.0 Å². The van der Waals surface area contributed by atoms with Gasteiger partial charge in [0.05, 0.1) is 30.0 Å². The van der Waals surface area contributed by atoms with Gasteiger partial charge in [0.15, 0.2) is 17.5 Å². The normalized spacial score (nSPS) is 14.2. The number of unbranched alkanes of at least 4 members (excludes halogenated alkanes) is 2. The second kappa shape index (κ2) is 17.2. The number of benzene rings is 2. The van der Waals surface area contributed by atoms with Gasteiger partial charge in [0.25, 0.3) is 0 Å². The molecule has 2 aromatic carbocycles. The van der Waals surface area contributed by atoms with E-state index in [1.54, 1.807) is 12.1 Å². The van der Waals surface area contributed by atoms with E-state index in [0.717, 1.165) is 44.2 Å². The Morgan fingerprint density at radius 2 is 1.19 bits per heavy atom. The molecule has 0 amide bonds. The monoisotopic (exact) mass is 642 g/mol. The lowest BCUT2D eigenvalue weighted by atomic mass is 10.0. The molecule has 2 unspecified atom stereocenters. The van der Waals surface area contributed by atoms with Crippen molar-refractivity contribution >= 4 is 5.70 Å². The van der Waals surface area contributed by atoms with Crippen molar-refractivity contribution in [3.63, 3.8) is 0 Å². The molecule has 0 spiro atoms. The van der Waals surface area contributed by atoms with Crippen molar-refractivity contribution in [1.82, 2.24) is 19.9 Å². The Morgan fingerprint density at radius 1 is 0.723 bits per heavy atom. The van der Waals surface area contributed by atoms with Crippen LogP contribution in [0.3, 0.4) is 0 Å². The summed E-state index contributed by atoms with van der Waals surface area (Å²) < 4.78 is 12.4. The molecule has 2 N–H and O–H groups in total. The van der Waals surface area contributed by atoms with E-state index in [-0.39, 0.29) is 11.5 Å². The Hall–Kier alpha value is -4.07. The average molecular weight is 643 g/mol. The molecule has 0 saturated carbocycles. The van der Waals surface area contributed by atoms with E-state index < -0.39 is 0 Å². The van der Waals surface area contributed by atoms with Crippen LogP contribution in [-0.2, 0) is 0 Å². The number of likely N-dealkylation sites (N-methyl/N-ethyl adjacent to an activating group) is 1. The van der Waals surface area contributed by atoms with E-state index in [1.807, 2.05) is 45.2 Å². The van der Waals surface area contributed by atoms with Crippen LogP contribution < -0.4 is 9.47 Å². The van der Waals surface area contributed by atoms with Crippen LogP contribution in [0.15, 0.2) is 42.5 Å². The molecule has 2 atom stereocenters. The Kier molecular flexibility index (Phi) is 13.1. The third-order valence-electron chi connectivity index (χ3n) is 9.33. The van der Waals surface area contributed by atoms with Gasteiger partial charge in [-0.1, -0.05) is 78.4 Å². The number of aromatic hydroxyl groups is 2. The molecular formula is C39H54N4O4. The van der Waals surface area contributed by atoms with Crippen molar-refractivity contribution < 1.29 is 19.7 Å². The molecule has 8 heteroatoms. The number of phenols is 2. The summed E-state index contributed by atoms with van der Waals surface area (Å²) in [4.78, 5) is 16.5. The Labute approximate surface area is 281 Å². The highest BCUT2D eigenvalue weighted by Crippen LogP contribution is 2.40. The highest BCUT2D eigenvalue weighted by molar-refractivity contribution is 5.75. The highest BCUT2D eigenvalue weighted by Gasteiger charge is 2.23. The third kappa shape index (κ3) is 8.85. The fraction of sp³-hybridized carbons (Fsp3) is 0.513. The first-order valence-corrected chi connectivity index (χ1v) is 17.5. The van der Waals surface area contributed by atoms with Crippen molar-refractivity contribution in [1.29, 1.82) is 0 Å². The maximum absolute atomic E-state index is 11.4. The van der Waals surface area contributed by atoms with E-state index in [4.69, 9.17) is 24.4 Å². The molecule has 0 fully saturated rings. The lowest BCUT2D eigenvalue weighted by Gasteiger charge is -2.23. The summed E-state index contributed by atoms with van der Waals surface area (Å²) in [7, 11) is 1.98. The van der Waals surface area contributed by atoms with Crippen molar-refractivity contribution in [3.8, 4) is 45.8 Å². The molecule has 8 nitrogen and oxygen atoms in total. The van der Waals surface area contributed by atoms with E-state index in [0.29, 0.717) is 82.8 Å². The molecule has 254 valence electrons. The molecule has 1 aromatic heterocycles. The number of phenolic OH excluding ortho intramolecular Hbond substituents is 2. The summed E-state index contributed by atoms with van der Waals surface area (Å²) in [5.41, 5.74) is 3.04. The van der Waals surface area contributed by atoms with Gasteiger partial charge in [0, 0.05) is 24.7 Å². The van der Waals surface area contributed by atoms with Crippen LogP contribution in [0, 0.1) is 25.7 Å². The topological polar surface area (TPSA) is 101 Å². The molecule has 1 aliphatic heterocycles. The van der Waals surface area contributed by atoms with Crippen molar-refractivity contribution in [2.24, 2.45) is 11.8 Å². The predicted octanol–water partition coefficient (Wildman–Crippen LogP) is 9.27. The third-order valence-corrected chi connectivity index (χ3v) is 9.33. The zero-order valence-electron chi connectivity index (χ0n) is 29.5. The van der Waals surface area contributed by atoms with Crippen molar-refractivity contribution in [2.75, 3.05) is 26.8 Å². The molecule has 0 saturated heterocycles. The maximum Gasteiger partial charge on any atom is 0.180 e. The Morgan fingerprint density at radius 3 is 1.62 bits per heavy atom. The minimum Gasteiger partial charge on any atom is -0.507 e. The summed E-state index contributed by atoms with van der Waals surface area (Å²) >= 11 is 0. The first-order chi connectivity index (χ1) is 22.7. The lowest BCUT2D eigenvalue weighted by Crippen LogP contribution is -2.21. The second-order valence-corrected chi connectivity index (χ2v) is 12.8. The molecule has 47 heavy (non-hydrogen) atoms. The standard InChI is InChI=1S/C39H54N4O4/c1-8-12-16-28(10-3)24-46-33-21-19-30(35(44)26(33)5)37-40-38(42-39(41-37)32-18-14-15-23-43(32)7)31-20-22-34(27(6)36(31)45)47-25-29(11-4)17-13-9-2/h14-15,18-22,28-29,44-45H,8-13,16-17,23-25H2,1-7H3. The summed E-state index contributed by atoms with van der Waals surface area (Å²) in [6, 6.07) is 7.37. The number of hydrogen-bond acceptors (Lipinski definition) is 8. The lowest BCUT2D eigenvalue weighted by molar-refractivity contribution is 0.231. The van der Waals surface area contributed by atoms with Crippen LogP contribution >= 0.6 is 0 Å². The highest BCUT2D eigenvalue weighted by atomic mass is 16.5. The van der Waals surface area contributed by atoms with E-state index in [1.165, 1.54) is 12.8 Å². The van der Waals surface area contributed by atoms with Gasteiger partial charge in [-0.05, 0) is 68.9 Å². The summed E-state index contributed by atoms with van der Waals surface area (Å²) in [6.07, 6.45) is 15.1. The van der Waals surface area contributed by atoms with Gasteiger partial charge < -0.3 is 24.6 Å². The number of allylic oxidation sites excluding steroid dienone is 2. The fourth-order valence-electron chi connectivity index (χ4n) is 5.83. The van der Waals surface area contributed by atoms with Crippen molar-refractivity contribution in [2.45, 2.75) is 92.9 Å². The second-order valence-electron chi connectivity index (χ2n) is 12.8. The van der Waals surface area contributed by atoms with Crippen LogP contribution in [0.2, 0.25) is 0 Å². The van der Waals surface area contributed by atoms with Gasteiger partial charge in [-0.2, -0.15) is 0 Å². The minimum atomic E-state index is 0.0655. The molecule has 0 bridgehead atoms. The first-order valence-electron chi connectivity index (χ1n) is 17.5. The molecule has 2 heterocycles. The van der Waals surface area contributed by atoms with E-state index in [9.17, 15) is 10.2 Å². The van der Waals surface area contributed by atoms with Gasteiger partial charge in [-0.25, -0.2) is 15.0 Å². The van der Waals surface area contributed by atoms with Gasteiger partial charge in [0.1, 0.15) is 23.0 Å². The SMILES string of the molecule is CCCCC(CC)COc1ccc(-c2nc(C3=CC=CCN3C)nc(-c3ccc(OCC(CC)CCCC)c(C)c3O)n2)c(O)c1C. The van der Waals surface area contributed by atoms with Crippen LogP contribution in [0.4, 0.5) is 0 Å². The predicted molar refractivity (Wildman–Crippen MR) is 191 cm³/mol. The Balaban J connectivity index is 1.71. The zero-order chi connectivity index (χ0) is 33.9. The van der Waals surface area contributed by atoms with E-state index in [2.05, 4.69) is 38.7 Å². The number of hydrogen-bond donors (Lipinski definition) is 2. The zero-order valence-corrected chi connectivity index (χ0v) is 29.5. The molecule has 1 aliphatic rings. The Bertz CT molecular complexity index is 1460. The number of aromatic nitrogens is 3. The molecule has 4 rings (SSSR count). The quantitative estimate of drug-likeness (QED) is 0.150. The molecule has 0 aliphatic carbocycles. The smallest absolute Gasteiger partial charge is 0.180 e. The van der Waals surface area contributed by atoms with Crippen molar-refractivity contribution in [3.05, 3.63) is 59.4 Å². The van der Waals surface area contributed by atoms with Gasteiger partial charge >= 0.3 is 0 Å². The van der Waals surface area contributed by atoms with Gasteiger partial charge in [-0.3, -0.25) is 0 Å². The van der Waals surface area contributed by atoms with Crippen LogP contribution in [0.25, 0.3) is 28.5 Å². The van der Waals surface area contributed by atoms with Gasteiger partial charge in [-0.15, -0.1) is 0 Å². The fourth-order valence-corrected chi connectivity index (χ4v) is 5.83. The van der Waals surface area contributed by atoms with Gasteiger partial charge in [0.2, 0.25) is 0 Å². The van der Waals surface area contributed by atoms with E-state index >= 15 is 0 Å². The van der Waals surface area contributed by atoms with Crippen LogP contribution in [-0.4, -0.2) is 56.9 Å². The number of ether oxygens (including phenoxy) is 2. The molecule has 0 radical (unpaired) electrons. The molecular weight excluding hydrogens is 588 g/mol. The summed E-state index contributed by atoms with van der Waals surface area (Å²) in [5.74, 6) is 3.47. The number of nitrogens with zero attached hydrogens (tertiary/aromatic N) is 4. The largest absolute Gasteiger partial charge is 0.507 e. The first kappa shape index (κ1) is 35.8. The summed E-state index contributed by atoms with van der Waals surface area (Å²) in [6.45, 7) is 14.4. The number of rotatable bonds is 17. The maximum atomic E-state index is 11.4.